The number of nitrogens with zero attached hydrogens (tertiary/aromatic N) is 3. The van der Waals surface area contributed by atoms with Crippen LogP contribution in [0.4, 0.5) is 0 Å². The Bertz CT molecular complexity index is 459. The Morgan fingerprint density at radius 3 is 2.78 bits per heavy atom. The summed E-state index contributed by atoms with van der Waals surface area (Å²) in [4.78, 5) is 6.76. The van der Waals surface area contributed by atoms with Gasteiger partial charge in [-0.3, -0.25) is 10.00 Å². The van der Waals surface area contributed by atoms with Gasteiger partial charge in [-0.2, -0.15) is 0 Å². The number of aromatic nitrogens is 3. The highest BCUT2D eigenvalue weighted by molar-refractivity contribution is 7.71. The van der Waals surface area contributed by atoms with E-state index >= 15 is 0 Å². The van der Waals surface area contributed by atoms with Gasteiger partial charge in [0, 0.05) is 18.5 Å². The van der Waals surface area contributed by atoms with Crippen molar-refractivity contribution in [1.29, 1.82) is 0 Å². The second-order valence-corrected chi connectivity index (χ2v) is 6.30. The van der Waals surface area contributed by atoms with Crippen LogP contribution >= 0.6 is 12.2 Å². The number of H-pyrrole nitrogens is 1. The third-order valence-corrected chi connectivity index (χ3v) is 3.37. The van der Waals surface area contributed by atoms with Crippen molar-refractivity contribution in [3.05, 3.63) is 10.6 Å². The fraction of sp³-hybridized carbons (Fsp3) is 0.833. The molecule has 0 bridgehead atoms. The van der Waals surface area contributed by atoms with E-state index in [0.717, 1.165) is 32.2 Å². The zero-order valence-corrected chi connectivity index (χ0v) is 12.4. The molecule has 0 radical (unpaired) electrons. The molecule has 1 N–H and O–H groups in total. The largest absolute Gasteiger partial charge is 0.376 e. The third kappa shape index (κ3) is 3.18. The molecule has 0 aliphatic carbocycles. The summed E-state index contributed by atoms with van der Waals surface area (Å²) < 4.78 is 8.10. The van der Waals surface area contributed by atoms with Gasteiger partial charge in [0.05, 0.1) is 19.4 Å². The zero-order chi connectivity index (χ0) is 13.3. The lowest BCUT2D eigenvalue weighted by molar-refractivity contribution is -0.0307. The first kappa shape index (κ1) is 13.7. The van der Waals surface area contributed by atoms with Gasteiger partial charge in [0.1, 0.15) is 5.82 Å². The van der Waals surface area contributed by atoms with Crippen LogP contribution in [0.2, 0.25) is 0 Å². The van der Waals surface area contributed by atoms with Crippen molar-refractivity contribution in [2.45, 2.75) is 45.9 Å². The van der Waals surface area contributed by atoms with E-state index in [4.69, 9.17) is 17.0 Å². The SMILES string of the molecule is CC1CN(Cn2[nH]c(C(C)(C)C)nc2=S)CCO1. The van der Waals surface area contributed by atoms with Gasteiger partial charge in [0.25, 0.3) is 0 Å². The standard InChI is InChI=1S/C12H22N4OS/c1-9-7-15(5-6-17-9)8-16-11(18)13-10(14-16)12(2,3)4/h9H,5-8H2,1-4H3,(H,13,14,18). The minimum atomic E-state index is -0.00287. The first-order chi connectivity index (χ1) is 8.36. The number of rotatable bonds is 2. The van der Waals surface area contributed by atoms with E-state index in [1.165, 1.54) is 0 Å². The summed E-state index contributed by atoms with van der Waals surface area (Å²) in [6, 6.07) is 0. The third-order valence-electron chi connectivity index (χ3n) is 3.06. The summed E-state index contributed by atoms with van der Waals surface area (Å²) in [6.07, 6.45) is 0.290. The highest BCUT2D eigenvalue weighted by Crippen LogP contribution is 2.17. The van der Waals surface area contributed by atoms with E-state index in [-0.39, 0.29) is 11.5 Å². The molecular weight excluding hydrogens is 248 g/mol. The normalized spacial score (nSPS) is 22.3. The Kier molecular flexibility index (Phi) is 3.89. The van der Waals surface area contributed by atoms with Crippen LogP contribution in [-0.4, -0.2) is 45.5 Å². The molecule has 5 nitrogen and oxygen atoms in total. The number of aromatic amines is 1. The summed E-state index contributed by atoms with van der Waals surface area (Å²) in [6.45, 7) is 11.9. The predicted molar refractivity (Wildman–Crippen MR) is 73.1 cm³/mol. The monoisotopic (exact) mass is 270 g/mol. The molecule has 6 heteroatoms. The second kappa shape index (κ2) is 5.11. The zero-order valence-electron chi connectivity index (χ0n) is 11.6. The topological polar surface area (TPSA) is 46.1 Å². The summed E-state index contributed by atoms with van der Waals surface area (Å²) in [7, 11) is 0. The summed E-state index contributed by atoms with van der Waals surface area (Å²) >= 11 is 5.30. The van der Waals surface area contributed by atoms with Crippen molar-refractivity contribution in [1.82, 2.24) is 19.7 Å². The maximum atomic E-state index is 5.53. The number of ether oxygens (including phenoxy) is 1. The van der Waals surface area contributed by atoms with Gasteiger partial charge in [0.2, 0.25) is 4.77 Å². The molecule has 0 saturated carbocycles. The average molecular weight is 270 g/mol. The van der Waals surface area contributed by atoms with Crippen molar-refractivity contribution in [2.24, 2.45) is 0 Å². The maximum absolute atomic E-state index is 5.53. The lowest BCUT2D eigenvalue weighted by Gasteiger charge is -2.30. The van der Waals surface area contributed by atoms with Gasteiger partial charge in [-0.05, 0) is 19.1 Å². The van der Waals surface area contributed by atoms with E-state index in [2.05, 4.69) is 42.7 Å². The lowest BCUT2D eigenvalue weighted by Crippen LogP contribution is -2.42. The van der Waals surface area contributed by atoms with Gasteiger partial charge in [-0.25, -0.2) is 9.67 Å². The molecular formula is C12H22N4OS. The van der Waals surface area contributed by atoms with Crippen LogP contribution in [0.3, 0.4) is 0 Å². The first-order valence-corrected chi connectivity index (χ1v) is 6.78. The molecule has 1 fully saturated rings. The molecule has 1 aromatic heterocycles. The molecule has 1 aromatic rings. The number of hydrogen-bond donors (Lipinski definition) is 1. The fourth-order valence-electron chi connectivity index (χ4n) is 2.01. The van der Waals surface area contributed by atoms with Crippen LogP contribution in [-0.2, 0) is 16.8 Å². The maximum Gasteiger partial charge on any atom is 0.217 e. The van der Waals surface area contributed by atoms with Gasteiger partial charge in [0.15, 0.2) is 0 Å². The van der Waals surface area contributed by atoms with Gasteiger partial charge in [-0.1, -0.05) is 20.8 Å². The second-order valence-electron chi connectivity index (χ2n) is 5.93. The molecule has 1 saturated heterocycles. The van der Waals surface area contributed by atoms with Gasteiger partial charge >= 0.3 is 0 Å². The molecule has 1 aliphatic heterocycles. The summed E-state index contributed by atoms with van der Waals surface area (Å²) in [5.41, 5.74) is -0.00287. The summed E-state index contributed by atoms with van der Waals surface area (Å²) in [5, 5.41) is 3.30. The average Bonchev–Trinajstić information content (AvgIpc) is 2.60. The van der Waals surface area contributed by atoms with Crippen LogP contribution in [0.5, 0.6) is 0 Å². The van der Waals surface area contributed by atoms with Gasteiger partial charge < -0.3 is 4.74 Å². The van der Waals surface area contributed by atoms with Crippen molar-refractivity contribution in [3.63, 3.8) is 0 Å². The smallest absolute Gasteiger partial charge is 0.217 e. The highest BCUT2D eigenvalue weighted by atomic mass is 32.1. The van der Waals surface area contributed by atoms with Crippen molar-refractivity contribution in [2.75, 3.05) is 19.7 Å². The van der Waals surface area contributed by atoms with E-state index in [1.807, 2.05) is 4.68 Å². The lowest BCUT2D eigenvalue weighted by atomic mass is 9.96. The van der Waals surface area contributed by atoms with Crippen molar-refractivity contribution in [3.8, 4) is 0 Å². The van der Waals surface area contributed by atoms with Gasteiger partial charge in [-0.15, -0.1) is 0 Å². The predicted octanol–water partition coefficient (Wildman–Crippen LogP) is 1.92. The van der Waals surface area contributed by atoms with Crippen LogP contribution in [0, 0.1) is 4.77 Å². The molecule has 2 rings (SSSR count). The molecule has 2 heterocycles. The summed E-state index contributed by atoms with van der Waals surface area (Å²) in [5.74, 6) is 0.939. The molecule has 0 aromatic carbocycles. The van der Waals surface area contributed by atoms with Crippen LogP contribution in [0.1, 0.15) is 33.5 Å². The number of nitrogens with one attached hydrogen (secondary N) is 1. The quantitative estimate of drug-likeness (QED) is 0.834. The first-order valence-electron chi connectivity index (χ1n) is 6.37. The van der Waals surface area contributed by atoms with Crippen molar-refractivity contribution >= 4 is 12.2 Å². The molecule has 18 heavy (non-hydrogen) atoms. The van der Waals surface area contributed by atoms with Crippen LogP contribution < -0.4 is 0 Å². The highest BCUT2D eigenvalue weighted by Gasteiger charge is 2.21. The van der Waals surface area contributed by atoms with E-state index in [9.17, 15) is 0 Å². The minimum Gasteiger partial charge on any atom is -0.376 e. The van der Waals surface area contributed by atoms with E-state index in [0.29, 0.717) is 4.77 Å². The minimum absolute atomic E-state index is 0.00287. The fourth-order valence-corrected chi connectivity index (χ4v) is 2.20. The molecule has 1 atom stereocenters. The number of hydrogen-bond acceptors (Lipinski definition) is 4. The Labute approximate surface area is 113 Å². The van der Waals surface area contributed by atoms with Crippen LogP contribution in [0.15, 0.2) is 0 Å². The Hall–Kier alpha value is -0.720. The number of morpholine rings is 1. The Balaban J connectivity index is 2.10. The van der Waals surface area contributed by atoms with Crippen molar-refractivity contribution < 1.29 is 4.74 Å². The molecule has 0 spiro atoms. The molecule has 1 unspecified atom stereocenters. The molecule has 1 aliphatic rings. The molecule has 0 amide bonds. The Morgan fingerprint density at radius 2 is 2.22 bits per heavy atom. The molecule has 102 valence electrons. The van der Waals surface area contributed by atoms with E-state index in [1.54, 1.807) is 0 Å². The van der Waals surface area contributed by atoms with Crippen LogP contribution in [0.25, 0.3) is 0 Å². The Morgan fingerprint density at radius 1 is 1.50 bits per heavy atom. The van der Waals surface area contributed by atoms with E-state index < -0.39 is 0 Å².